The van der Waals surface area contributed by atoms with Crippen molar-refractivity contribution >= 4 is 33.4 Å². The van der Waals surface area contributed by atoms with Crippen LogP contribution in [0.5, 0.6) is 0 Å². The van der Waals surface area contributed by atoms with Crippen LogP contribution >= 0.6 is 11.8 Å². The second kappa shape index (κ2) is 7.24. The number of nitrogens with one attached hydrogen (secondary N) is 1. The van der Waals surface area contributed by atoms with E-state index in [1.165, 1.54) is 24.5 Å². The molecule has 1 aromatic carbocycles. The van der Waals surface area contributed by atoms with Crippen LogP contribution in [0.4, 0.5) is 5.69 Å². The molecule has 0 atom stereocenters. The number of hydrogen-bond donors (Lipinski definition) is 2. The zero-order chi connectivity index (χ0) is 18.7. The van der Waals surface area contributed by atoms with Gasteiger partial charge in [-0.2, -0.15) is 9.30 Å². The lowest BCUT2D eigenvalue weighted by atomic mass is 10.1. The van der Waals surface area contributed by atoms with Gasteiger partial charge in [0.2, 0.25) is 15.9 Å². The highest BCUT2D eigenvalue weighted by atomic mass is 35.5. The summed E-state index contributed by atoms with van der Waals surface area (Å²) in [6.45, 7) is 0. The lowest BCUT2D eigenvalue weighted by Crippen LogP contribution is -2.17. The molecule has 0 bridgehead atoms. The fourth-order valence-corrected chi connectivity index (χ4v) is 3.05. The summed E-state index contributed by atoms with van der Waals surface area (Å²) in [5.74, 6) is -0.339. The fraction of sp³-hybridized carbons (Fsp3) is 0.0625. The first-order valence-electron chi connectivity index (χ1n) is 7.40. The molecule has 8 nitrogen and oxygen atoms in total. The van der Waals surface area contributed by atoms with E-state index in [0.717, 1.165) is 4.20 Å². The van der Waals surface area contributed by atoms with Gasteiger partial charge >= 0.3 is 0 Å². The van der Waals surface area contributed by atoms with Crippen molar-refractivity contribution in [1.82, 2.24) is 14.3 Å². The van der Waals surface area contributed by atoms with E-state index in [0.29, 0.717) is 16.8 Å². The summed E-state index contributed by atoms with van der Waals surface area (Å²) in [4.78, 5) is 16.2. The Morgan fingerprint density at radius 3 is 2.65 bits per heavy atom. The largest absolute Gasteiger partial charge is 0.326 e. The number of benzene rings is 1. The number of anilines is 1. The number of carbonyl (C=O) groups is 1. The van der Waals surface area contributed by atoms with Crippen LogP contribution < -0.4 is 10.5 Å². The summed E-state index contributed by atoms with van der Waals surface area (Å²) < 4.78 is 24.6. The summed E-state index contributed by atoms with van der Waals surface area (Å²) >= 11 is 5.74. The van der Waals surface area contributed by atoms with Gasteiger partial charge in [0.15, 0.2) is 0 Å². The van der Waals surface area contributed by atoms with Gasteiger partial charge in [-0.3, -0.25) is 9.78 Å². The van der Waals surface area contributed by atoms with Crippen LogP contribution in [0.25, 0.3) is 11.1 Å². The predicted octanol–water partition coefficient (Wildman–Crippen LogP) is 1.78. The fourth-order valence-electron chi connectivity index (χ4n) is 2.32. The molecule has 2 aromatic heterocycles. The van der Waals surface area contributed by atoms with Gasteiger partial charge in [0.1, 0.15) is 0 Å². The summed E-state index contributed by atoms with van der Waals surface area (Å²) in [5, 5.41) is 11.7. The summed E-state index contributed by atoms with van der Waals surface area (Å²) in [7, 11) is -3.97. The smallest absolute Gasteiger partial charge is 0.238 e. The highest BCUT2D eigenvalue weighted by molar-refractivity contribution is 7.89. The molecule has 0 spiro atoms. The SMILES string of the molecule is NS(=O)(=O)c1cc(NC(=O)Cc2ccccn2)cc(-c2cnn(Cl)c2)c1. The molecule has 2 heterocycles. The molecule has 0 saturated carbocycles. The number of rotatable bonds is 5. The number of halogens is 1. The Morgan fingerprint density at radius 1 is 1.23 bits per heavy atom. The van der Waals surface area contributed by atoms with Crippen molar-refractivity contribution in [2.45, 2.75) is 11.3 Å². The molecule has 10 heteroatoms. The van der Waals surface area contributed by atoms with Crippen LogP contribution in [0.2, 0.25) is 0 Å². The molecule has 0 radical (unpaired) electrons. The van der Waals surface area contributed by atoms with Crippen LogP contribution in [0, 0.1) is 0 Å². The first kappa shape index (κ1) is 18.1. The molecule has 3 N–H and O–H groups in total. The maximum Gasteiger partial charge on any atom is 0.238 e. The van der Waals surface area contributed by atoms with Crippen LogP contribution in [-0.4, -0.2) is 28.6 Å². The first-order chi connectivity index (χ1) is 12.3. The van der Waals surface area contributed by atoms with E-state index in [-0.39, 0.29) is 22.9 Å². The molecule has 0 unspecified atom stereocenters. The summed E-state index contributed by atoms with van der Waals surface area (Å²) in [6.07, 6.45) is 4.61. The zero-order valence-corrected chi connectivity index (χ0v) is 14.9. The Bertz CT molecular complexity index is 1050. The van der Waals surface area contributed by atoms with Crippen molar-refractivity contribution in [2.75, 3.05) is 5.32 Å². The lowest BCUT2D eigenvalue weighted by Gasteiger charge is -2.09. The number of amides is 1. The maximum atomic E-state index is 12.2. The van der Waals surface area contributed by atoms with Gasteiger partial charge in [0.25, 0.3) is 0 Å². The molecule has 0 aliphatic heterocycles. The Balaban J connectivity index is 1.92. The van der Waals surface area contributed by atoms with E-state index in [2.05, 4.69) is 15.4 Å². The number of aromatic nitrogens is 3. The molecule has 3 rings (SSSR count). The van der Waals surface area contributed by atoms with Crippen LogP contribution in [0.1, 0.15) is 5.69 Å². The van der Waals surface area contributed by atoms with Crippen molar-refractivity contribution in [2.24, 2.45) is 5.14 Å². The quantitative estimate of drug-likeness (QED) is 0.686. The first-order valence-corrected chi connectivity index (χ1v) is 9.28. The standard InChI is InChI=1S/C16H14ClN5O3S/c17-22-10-12(9-20-22)11-5-14(7-15(6-11)26(18,24)25)21-16(23)8-13-3-1-2-4-19-13/h1-7,9-10H,8H2,(H,21,23)(H2,18,24,25). The summed E-state index contributed by atoms with van der Waals surface area (Å²) in [5.41, 5.74) is 1.95. The lowest BCUT2D eigenvalue weighted by molar-refractivity contribution is -0.115. The van der Waals surface area contributed by atoms with Crippen LogP contribution in [-0.2, 0) is 21.2 Å². The number of nitrogens with zero attached hydrogens (tertiary/aromatic N) is 3. The normalized spacial score (nSPS) is 11.3. The Morgan fingerprint density at radius 2 is 2.04 bits per heavy atom. The monoisotopic (exact) mass is 391 g/mol. The highest BCUT2D eigenvalue weighted by Gasteiger charge is 2.14. The van der Waals surface area contributed by atoms with Gasteiger partial charge < -0.3 is 5.32 Å². The van der Waals surface area contributed by atoms with Gasteiger partial charge in [-0.05, 0) is 35.9 Å². The number of carbonyl (C=O) groups excluding carboxylic acids is 1. The molecule has 0 aliphatic carbocycles. The molecule has 0 fully saturated rings. The third-order valence-electron chi connectivity index (χ3n) is 3.47. The minimum absolute atomic E-state index is 0.0510. The molecular formula is C16H14ClN5O3S. The average molecular weight is 392 g/mol. The van der Waals surface area contributed by atoms with Crippen molar-refractivity contribution in [3.63, 3.8) is 0 Å². The maximum absolute atomic E-state index is 12.2. The van der Waals surface area contributed by atoms with Crippen molar-refractivity contribution < 1.29 is 13.2 Å². The number of primary sulfonamides is 1. The average Bonchev–Trinajstić information content (AvgIpc) is 3.01. The number of nitrogens with two attached hydrogens (primary N) is 1. The Kier molecular flexibility index (Phi) is 5.03. The predicted molar refractivity (Wildman–Crippen MR) is 96.9 cm³/mol. The van der Waals surface area contributed by atoms with Crippen LogP contribution in [0.15, 0.2) is 59.9 Å². The molecule has 1 amide bonds. The second-order valence-corrected chi connectivity index (χ2v) is 7.36. The van der Waals surface area contributed by atoms with Crippen molar-refractivity contribution in [1.29, 1.82) is 0 Å². The molecule has 3 aromatic rings. The molecule has 26 heavy (non-hydrogen) atoms. The molecule has 0 aliphatic rings. The molecule has 0 saturated heterocycles. The van der Waals surface area contributed by atoms with Gasteiger partial charge in [-0.15, -0.1) is 0 Å². The third kappa shape index (κ3) is 4.45. The van der Waals surface area contributed by atoms with Gasteiger partial charge in [-0.25, -0.2) is 13.6 Å². The Hall–Kier alpha value is -2.75. The van der Waals surface area contributed by atoms with E-state index >= 15 is 0 Å². The highest BCUT2D eigenvalue weighted by Crippen LogP contribution is 2.26. The van der Waals surface area contributed by atoms with E-state index in [9.17, 15) is 13.2 Å². The zero-order valence-electron chi connectivity index (χ0n) is 13.3. The summed E-state index contributed by atoms with van der Waals surface area (Å²) in [6, 6.07) is 9.54. The molecular weight excluding hydrogens is 378 g/mol. The van der Waals surface area contributed by atoms with Crippen molar-refractivity contribution in [3.8, 4) is 11.1 Å². The Labute approximate surface area is 154 Å². The minimum Gasteiger partial charge on any atom is -0.326 e. The van der Waals surface area contributed by atoms with Gasteiger partial charge in [-0.1, -0.05) is 6.07 Å². The van der Waals surface area contributed by atoms with Crippen molar-refractivity contribution in [3.05, 3.63) is 60.7 Å². The number of hydrogen-bond acceptors (Lipinski definition) is 5. The van der Waals surface area contributed by atoms with Gasteiger partial charge in [0, 0.05) is 34.9 Å². The van der Waals surface area contributed by atoms with E-state index in [4.69, 9.17) is 16.9 Å². The number of pyridine rings is 1. The van der Waals surface area contributed by atoms with Crippen LogP contribution in [0.3, 0.4) is 0 Å². The minimum atomic E-state index is -3.97. The molecule has 134 valence electrons. The van der Waals surface area contributed by atoms with E-state index < -0.39 is 10.0 Å². The van der Waals surface area contributed by atoms with E-state index in [1.54, 1.807) is 30.5 Å². The van der Waals surface area contributed by atoms with Gasteiger partial charge in [0.05, 0.1) is 23.7 Å². The third-order valence-corrected chi connectivity index (χ3v) is 4.55. The number of sulfonamides is 1. The topological polar surface area (TPSA) is 120 Å². The van der Waals surface area contributed by atoms with E-state index in [1.807, 2.05) is 0 Å². The second-order valence-electron chi connectivity index (χ2n) is 5.45.